The molecule has 0 spiro atoms. The molecule has 3 heteroatoms. The van der Waals surface area contributed by atoms with Crippen LogP contribution < -0.4 is 4.74 Å². The van der Waals surface area contributed by atoms with Gasteiger partial charge in [-0.05, 0) is 37.3 Å². The summed E-state index contributed by atoms with van der Waals surface area (Å²) in [6.07, 6.45) is 31.9. The molecule has 0 radical (unpaired) electrons. The quantitative estimate of drug-likeness (QED) is 0.0724. The van der Waals surface area contributed by atoms with Gasteiger partial charge in [0.25, 0.3) is 0 Å². The van der Waals surface area contributed by atoms with Gasteiger partial charge in [0, 0.05) is 12.0 Å². The summed E-state index contributed by atoms with van der Waals surface area (Å²) in [5.41, 5.74) is 2.34. The fourth-order valence-corrected chi connectivity index (χ4v) is 5.32. The van der Waals surface area contributed by atoms with Crippen LogP contribution in [0.15, 0.2) is 18.2 Å². The van der Waals surface area contributed by atoms with Gasteiger partial charge in [0.15, 0.2) is 0 Å². The Morgan fingerprint density at radius 1 is 0.575 bits per heavy atom. The van der Waals surface area contributed by atoms with E-state index in [0.29, 0.717) is 13.0 Å². The van der Waals surface area contributed by atoms with Crippen LogP contribution in [0.3, 0.4) is 0 Å². The summed E-state index contributed by atoms with van der Waals surface area (Å²) in [7, 11) is 0. The van der Waals surface area contributed by atoms with E-state index in [1.165, 1.54) is 134 Å². The lowest BCUT2D eigenvalue weighted by Gasteiger charge is -2.14. The minimum Gasteiger partial charge on any atom is -0.493 e. The van der Waals surface area contributed by atoms with Gasteiger partial charge in [-0.3, -0.25) is 4.79 Å². The Hall–Kier alpha value is -1.51. The van der Waals surface area contributed by atoms with Crippen molar-refractivity contribution in [1.82, 2.24) is 0 Å². The summed E-state index contributed by atoms with van der Waals surface area (Å²) < 4.78 is 11.8. The molecule has 0 unspecified atom stereocenters. The van der Waals surface area contributed by atoms with Crippen molar-refractivity contribution in [3.8, 4) is 5.75 Å². The number of rotatable bonds is 29. The average molecular weight is 559 g/mol. The minimum atomic E-state index is -0.105. The summed E-state index contributed by atoms with van der Waals surface area (Å²) in [5, 5.41) is 0. The van der Waals surface area contributed by atoms with Crippen molar-refractivity contribution < 1.29 is 14.3 Å². The van der Waals surface area contributed by atoms with Gasteiger partial charge in [-0.1, -0.05) is 161 Å². The summed E-state index contributed by atoms with van der Waals surface area (Å²) in [4.78, 5) is 12.1. The molecule has 0 aliphatic carbocycles. The molecule has 1 rings (SSSR count). The summed E-state index contributed by atoms with van der Waals surface area (Å²) in [5.74, 6) is 0.811. The van der Waals surface area contributed by atoms with Crippen molar-refractivity contribution in [3.63, 3.8) is 0 Å². The van der Waals surface area contributed by atoms with E-state index in [1.54, 1.807) is 0 Å². The summed E-state index contributed by atoms with van der Waals surface area (Å²) >= 11 is 0. The van der Waals surface area contributed by atoms with Gasteiger partial charge >= 0.3 is 5.97 Å². The predicted octanol–water partition coefficient (Wildman–Crippen LogP) is 12.1. The van der Waals surface area contributed by atoms with Crippen molar-refractivity contribution >= 4 is 5.97 Å². The lowest BCUT2D eigenvalue weighted by Crippen LogP contribution is -2.07. The van der Waals surface area contributed by atoms with Gasteiger partial charge in [0.05, 0.1) is 6.61 Å². The molecule has 1 aromatic carbocycles. The number of unbranched alkanes of at least 4 members (excludes halogenated alkanes) is 20. The summed E-state index contributed by atoms with van der Waals surface area (Å²) in [6, 6.07) is 6.53. The second-order valence-corrected chi connectivity index (χ2v) is 12.0. The van der Waals surface area contributed by atoms with Crippen LogP contribution in [0.5, 0.6) is 5.75 Å². The molecule has 3 nitrogen and oxygen atoms in total. The molecule has 0 saturated carbocycles. The third-order valence-electron chi connectivity index (χ3n) is 8.08. The molecule has 0 aliphatic heterocycles. The van der Waals surface area contributed by atoms with E-state index in [0.717, 1.165) is 43.6 Å². The SMILES string of the molecule is CCCCCCCCCCCCCCCc1ccc(COC(=O)CCCC)c(OCCCCCCCCCC)c1. The zero-order chi connectivity index (χ0) is 28.9. The van der Waals surface area contributed by atoms with Crippen LogP contribution in [0.2, 0.25) is 0 Å². The van der Waals surface area contributed by atoms with Gasteiger partial charge in [-0.15, -0.1) is 0 Å². The Morgan fingerprint density at radius 2 is 1.05 bits per heavy atom. The Bertz CT molecular complexity index is 699. The molecule has 0 fully saturated rings. The average Bonchev–Trinajstić information content (AvgIpc) is 2.97. The molecule has 0 heterocycles. The Labute approximate surface area is 249 Å². The van der Waals surface area contributed by atoms with Gasteiger partial charge in [-0.25, -0.2) is 0 Å². The van der Waals surface area contributed by atoms with Crippen LogP contribution in [0.4, 0.5) is 0 Å². The lowest BCUT2D eigenvalue weighted by atomic mass is 10.0. The molecule has 0 aromatic heterocycles. The minimum absolute atomic E-state index is 0.105. The maximum absolute atomic E-state index is 12.1. The molecule has 0 saturated heterocycles. The van der Waals surface area contributed by atoms with Crippen LogP contribution in [-0.4, -0.2) is 12.6 Å². The van der Waals surface area contributed by atoms with Crippen molar-refractivity contribution in [3.05, 3.63) is 29.3 Å². The predicted molar refractivity (Wildman–Crippen MR) is 173 cm³/mol. The standard InChI is InChI=1S/C37H66O3/c1-4-7-10-12-14-16-17-18-19-20-21-23-25-27-34-29-30-35(33-40-37(38)28-9-6-3)36(32-34)39-31-26-24-22-15-13-11-8-5-2/h29-30,32H,4-28,31,33H2,1-3H3. The third kappa shape index (κ3) is 21.3. The highest BCUT2D eigenvalue weighted by molar-refractivity contribution is 5.69. The smallest absolute Gasteiger partial charge is 0.306 e. The van der Waals surface area contributed by atoms with E-state index in [2.05, 4.69) is 39.0 Å². The number of ether oxygens (including phenoxy) is 2. The maximum Gasteiger partial charge on any atom is 0.306 e. The van der Waals surface area contributed by atoms with Crippen molar-refractivity contribution in [2.75, 3.05) is 6.61 Å². The van der Waals surface area contributed by atoms with Gasteiger partial charge < -0.3 is 9.47 Å². The van der Waals surface area contributed by atoms with E-state index in [-0.39, 0.29) is 5.97 Å². The van der Waals surface area contributed by atoms with Gasteiger partial charge in [-0.2, -0.15) is 0 Å². The number of hydrogen-bond donors (Lipinski definition) is 0. The molecule has 0 atom stereocenters. The topological polar surface area (TPSA) is 35.5 Å². The number of benzene rings is 1. The highest BCUT2D eigenvalue weighted by Gasteiger charge is 2.10. The first kappa shape index (κ1) is 36.5. The Balaban J connectivity index is 2.34. The number of carbonyl (C=O) groups is 1. The first-order valence-electron chi connectivity index (χ1n) is 17.6. The number of esters is 1. The first-order valence-corrected chi connectivity index (χ1v) is 17.6. The van der Waals surface area contributed by atoms with E-state index in [9.17, 15) is 4.79 Å². The molecular weight excluding hydrogens is 492 g/mol. The van der Waals surface area contributed by atoms with Crippen LogP contribution in [0, 0.1) is 0 Å². The monoisotopic (exact) mass is 559 g/mol. The molecule has 40 heavy (non-hydrogen) atoms. The highest BCUT2D eigenvalue weighted by atomic mass is 16.5. The third-order valence-corrected chi connectivity index (χ3v) is 8.08. The molecule has 1 aromatic rings. The largest absolute Gasteiger partial charge is 0.493 e. The van der Waals surface area contributed by atoms with Crippen LogP contribution in [-0.2, 0) is 22.6 Å². The molecule has 232 valence electrons. The van der Waals surface area contributed by atoms with Crippen molar-refractivity contribution in [2.45, 2.75) is 188 Å². The zero-order valence-electron chi connectivity index (χ0n) is 27.0. The van der Waals surface area contributed by atoms with E-state index < -0.39 is 0 Å². The molecule has 0 bridgehead atoms. The second-order valence-electron chi connectivity index (χ2n) is 12.0. The lowest BCUT2D eigenvalue weighted by molar-refractivity contribution is -0.145. The van der Waals surface area contributed by atoms with Crippen LogP contribution >= 0.6 is 0 Å². The van der Waals surface area contributed by atoms with Crippen molar-refractivity contribution in [1.29, 1.82) is 0 Å². The van der Waals surface area contributed by atoms with E-state index >= 15 is 0 Å². The van der Waals surface area contributed by atoms with E-state index in [1.807, 2.05) is 0 Å². The number of hydrogen-bond acceptors (Lipinski definition) is 3. The Morgan fingerprint density at radius 3 is 1.57 bits per heavy atom. The van der Waals surface area contributed by atoms with Crippen LogP contribution in [0.1, 0.15) is 186 Å². The first-order chi connectivity index (χ1) is 19.7. The Kier molecular flexibility index (Phi) is 25.2. The second kappa shape index (κ2) is 27.6. The molecule has 0 aliphatic rings. The zero-order valence-corrected chi connectivity index (χ0v) is 27.0. The molecular formula is C37H66O3. The van der Waals surface area contributed by atoms with Gasteiger partial charge in [0.2, 0.25) is 0 Å². The normalized spacial score (nSPS) is 11.2. The van der Waals surface area contributed by atoms with Crippen molar-refractivity contribution in [2.24, 2.45) is 0 Å². The fourth-order valence-electron chi connectivity index (χ4n) is 5.32. The highest BCUT2D eigenvalue weighted by Crippen LogP contribution is 2.24. The van der Waals surface area contributed by atoms with Gasteiger partial charge in [0.1, 0.15) is 12.4 Å². The molecule has 0 N–H and O–H groups in total. The number of aryl methyl sites for hydroxylation is 1. The molecule has 0 amide bonds. The number of carbonyl (C=O) groups excluding carboxylic acids is 1. The van der Waals surface area contributed by atoms with Crippen LogP contribution in [0.25, 0.3) is 0 Å². The van der Waals surface area contributed by atoms with E-state index in [4.69, 9.17) is 9.47 Å². The fraction of sp³-hybridized carbons (Fsp3) is 0.811. The summed E-state index contributed by atoms with van der Waals surface area (Å²) in [6.45, 7) is 7.71. The maximum atomic E-state index is 12.1.